The molecule has 2 aromatic rings. The first-order valence-corrected chi connectivity index (χ1v) is 7.76. The zero-order chi connectivity index (χ0) is 14.7. The zero-order valence-corrected chi connectivity index (χ0v) is 12.7. The number of hydrogen-bond donors (Lipinski definition) is 0. The van der Waals surface area contributed by atoms with E-state index in [0.29, 0.717) is 12.5 Å². The highest BCUT2D eigenvalue weighted by atomic mass is 16.5. The van der Waals surface area contributed by atoms with Crippen LogP contribution in [-0.2, 0) is 0 Å². The first-order valence-electron chi connectivity index (χ1n) is 7.76. The maximum atomic E-state index is 6.24. The van der Waals surface area contributed by atoms with E-state index in [1.54, 1.807) is 0 Å². The monoisotopic (exact) mass is 282 g/mol. The van der Waals surface area contributed by atoms with Crippen LogP contribution in [0.5, 0.6) is 11.5 Å². The Balaban J connectivity index is 1.82. The lowest BCUT2D eigenvalue weighted by molar-refractivity contribution is 0.136. The van der Waals surface area contributed by atoms with E-state index >= 15 is 0 Å². The van der Waals surface area contributed by atoms with E-state index in [9.17, 15) is 0 Å². The van der Waals surface area contributed by atoms with Crippen LogP contribution in [0, 0.1) is 0 Å². The molecular formula is C19H22O2. The minimum atomic E-state index is 0.0853. The summed E-state index contributed by atoms with van der Waals surface area (Å²) in [6.45, 7) is 5.18. The van der Waals surface area contributed by atoms with E-state index in [-0.39, 0.29) is 6.10 Å². The van der Waals surface area contributed by atoms with Gasteiger partial charge in [-0.05, 0) is 36.1 Å². The summed E-state index contributed by atoms with van der Waals surface area (Å²) in [7, 11) is 0. The van der Waals surface area contributed by atoms with Gasteiger partial charge in [0.05, 0.1) is 6.61 Å². The van der Waals surface area contributed by atoms with Crippen molar-refractivity contribution < 1.29 is 9.47 Å². The first kappa shape index (κ1) is 14.0. The highest BCUT2D eigenvalue weighted by Crippen LogP contribution is 2.35. The van der Waals surface area contributed by atoms with Crippen molar-refractivity contribution in [2.75, 3.05) is 6.61 Å². The van der Waals surface area contributed by atoms with Crippen LogP contribution in [-0.4, -0.2) is 6.61 Å². The molecule has 21 heavy (non-hydrogen) atoms. The van der Waals surface area contributed by atoms with Crippen LogP contribution in [0.4, 0.5) is 0 Å². The van der Waals surface area contributed by atoms with Gasteiger partial charge in [0, 0.05) is 12.0 Å². The predicted molar refractivity (Wildman–Crippen MR) is 85.1 cm³/mol. The Morgan fingerprint density at radius 2 is 2.05 bits per heavy atom. The van der Waals surface area contributed by atoms with Crippen LogP contribution in [0.1, 0.15) is 49.8 Å². The summed E-state index contributed by atoms with van der Waals surface area (Å²) >= 11 is 0. The van der Waals surface area contributed by atoms with Crippen LogP contribution in [0.15, 0.2) is 48.5 Å². The van der Waals surface area contributed by atoms with E-state index in [4.69, 9.17) is 9.47 Å². The zero-order valence-electron chi connectivity index (χ0n) is 12.7. The average molecular weight is 282 g/mol. The first-order chi connectivity index (χ1) is 10.3. The van der Waals surface area contributed by atoms with Gasteiger partial charge >= 0.3 is 0 Å². The molecule has 2 aromatic carbocycles. The van der Waals surface area contributed by atoms with Crippen molar-refractivity contribution in [1.82, 2.24) is 0 Å². The van der Waals surface area contributed by atoms with Gasteiger partial charge in [0.1, 0.15) is 17.6 Å². The predicted octanol–water partition coefficient (Wildman–Crippen LogP) is 5.10. The molecule has 0 amide bonds. The lowest BCUT2D eigenvalue weighted by Gasteiger charge is -2.26. The average Bonchev–Trinajstić information content (AvgIpc) is 2.55. The van der Waals surface area contributed by atoms with E-state index in [1.807, 2.05) is 24.3 Å². The quantitative estimate of drug-likeness (QED) is 0.776. The van der Waals surface area contributed by atoms with E-state index in [2.05, 4.69) is 38.1 Å². The third-order valence-electron chi connectivity index (χ3n) is 4.22. The molecule has 0 aromatic heterocycles. The Morgan fingerprint density at radius 3 is 2.90 bits per heavy atom. The molecular weight excluding hydrogens is 260 g/mol. The maximum absolute atomic E-state index is 6.24. The van der Waals surface area contributed by atoms with Crippen molar-refractivity contribution in [2.45, 2.75) is 38.7 Å². The Kier molecular flexibility index (Phi) is 4.14. The minimum absolute atomic E-state index is 0.0853. The molecule has 3 rings (SSSR count). The van der Waals surface area contributed by atoms with Crippen LogP contribution in [0.3, 0.4) is 0 Å². The van der Waals surface area contributed by atoms with Gasteiger partial charge < -0.3 is 9.47 Å². The Hall–Kier alpha value is -1.96. The smallest absolute Gasteiger partial charge is 0.131 e. The number of ether oxygens (including phenoxy) is 2. The molecule has 0 aliphatic carbocycles. The van der Waals surface area contributed by atoms with Crippen molar-refractivity contribution in [2.24, 2.45) is 0 Å². The molecule has 1 aliphatic heterocycles. The standard InChI is InChI=1S/C19H22O2/c1-3-14(2)15-7-6-8-16(13-15)21-19-11-12-20-18-10-5-4-9-17(18)19/h4-10,13-14,19H,3,11-12H2,1-2H3. The fourth-order valence-electron chi connectivity index (χ4n) is 2.73. The molecule has 1 heterocycles. The lowest BCUT2D eigenvalue weighted by Crippen LogP contribution is -2.18. The highest BCUT2D eigenvalue weighted by Gasteiger charge is 2.22. The van der Waals surface area contributed by atoms with Crippen molar-refractivity contribution in [3.8, 4) is 11.5 Å². The van der Waals surface area contributed by atoms with Gasteiger partial charge in [-0.15, -0.1) is 0 Å². The summed E-state index contributed by atoms with van der Waals surface area (Å²) in [4.78, 5) is 0. The van der Waals surface area contributed by atoms with Gasteiger partial charge in [0.15, 0.2) is 0 Å². The Bertz CT molecular complexity index is 606. The molecule has 0 fully saturated rings. The van der Waals surface area contributed by atoms with Crippen LogP contribution >= 0.6 is 0 Å². The lowest BCUT2D eigenvalue weighted by atomic mass is 9.98. The van der Waals surface area contributed by atoms with Gasteiger partial charge in [0.25, 0.3) is 0 Å². The van der Waals surface area contributed by atoms with Crippen molar-refractivity contribution >= 4 is 0 Å². The van der Waals surface area contributed by atoms with Gasteiger partial charge in [0.2, 0.25) is 0 Å². The summed E-state index contributed by atoms with van der Waals surface area (Å²) in [5, 5.41) is 0. The largest absolute Gasteiger partial charge is 0.493 e. The summed E-state index contributed by atoms with van der Waals surface area (Å²) in [5.41, 5.74) is 2.49. The van der Waals surface area contributed by atoms with Crippen molar-refractivity contribution in [3.63, 3.8) is 0 Å². The number of hydrogen-bond acceptors (Lipinski definition) is 2. The summed E-state index contributed by atoms with van der Waals surface area (Å²) in [6.07, 6.45) is 2.12. The second kappa shape index (κ2) is 6.21. The molecule has 0 N–H and O–H groups in total. The number of benzene rings is 2. The molecule has 2 heteroatoms. The van der Waals surface area contributed by atoms with Crippen molar-refractivity contribution in [3.05, 3.63) is 59.7 Å². The summed E-state index contributed by atoms with van der Waals surface area (Å²) < 4.78 is 11.9. The summed E-state index contributed by atoms with van der Waals surface area (Å²) in [6, 6.07) is 16.6. The normalized spacial score (nSPS) is 18.5. The van der Waals surface area contributed by atoms with E-state index in [0.717, 1.165) is 29.9 Å². The fraction of sp³-hybridized carbons (Fsp3) is 0.368. The van der Waals surface area contributed by atoms with Crippen LogP contribution in [0.2, 0.25) is 0 Å². The molecule has 0 saturated carbocycles. The Labute approximate surface area is 126 Å². The van der Waals surface area contributed by atoms with Gasteiger partial charge in [-0.2, -0.15) is 0 Å². The molecule has 2 nitrogen and oxygen atoms in total. The highest BCUT2D eigenvalue weighted by molar-refractivity contribution is 5.38. The third kappa shape index (κ3) is 3.05. The molecule has 0 bridgehead atoms. The van der Waals surface area contributed by atoms with E-state index in [1.165, 1.54) is 5.56 Å². The SMILES string of the molecule is CCC(C)c1cccc(OC2CCOc3ccccc32)c1. The molecule has 0 spiro atoms. The molecule has 0 saturated heterocycles. The molecule has 2 atom stereocenters. The molecule has 2 unspecified atom stereocenters. The Morgan fingerprint density at radius 1 is 1.19 bits per heavy atom. The number of para-hydroxylation sites is 1. The topological polar surface area (TPSA) is 18.5 Å². The molecule has 110 valence electrons. The van der Waals surface area contributed by atoms with E-state index < -0.39 is 0 Å². The van der Waals surface area contributed by atoms with Crippen molar-refractivity contribution in [1.29, 1.82) is 0 Å². The van der Waals surface area contributed by atoms with Gasteiger partial charge in [-0.3, -0.25) is 0 Å². The van der Waals surface area contributed by atoms with Crippen LogP contribution in [0.25, 0.3) is 0 Å². The van der Waals surface area contributed by atoms with Gasteiger partial charge in [-0.1, -0.05) is 44.2 Å². The second-order valence-electron chi connectivity index (χ2n) is 5.66. The second-order valence-corrected chi connectivity index (χ2v) is 5.66. The van der Waals surface area contributed by atoms with Gasteiger partial charge in [-0.25, -0.2) is 0 Å². The third-order valence-corrected chi connectivity index (χ3v) is 4.22. The molecule has 0 radical (unpaired) electrons. The maximum Gasteiger partial charge on any atom is 0.131 e. The molecule has 1 aliphatic rings. The number of fused-ring (bicyclic) bond motifs is 1. The van der Waals surface area contributed by atoms with Crippen LogP contribution < -0.4 is 9.47 Å². The minimum Gasteiger partial charge on any atom is -0.493 e. The summed E-state index contributed by atoms with van der Waals surface area (Å²) in [5.74, 6) is 2.47. The fourth-order valence-corrected chi connectivity index (χ4v) is 2.73. The number of rotatable bonds is 4.